The zero-order valence-corrected chi connectivity index (χ0v) is 9.17. The molecule has 1 unspecified atom stereocenters. The number of halogens is 1. The third kappa shape index (κ3) is 3.98. The lowest BCUT2D eigenvalue weighted by Crippen LogP contribution is -2.27. The summed E-state index contributed by atoms with van der Waals surface area (Å²) in [6.07, 6.45) is 4.54. The molecular formula is C12H19FN2. The molecule has 0 fully saturated rings. The van der Waals surface area contributed by atoms with E-state index in [1.165, 1.54) is 25.0 Å². The molecule has 0 aromatic heterocycles. The largest absolute Gasteiger partial charge is 0.271 e. The molecule has 0 spiro atoms. The Balaban J connectivity index is 2.53. The molecule has 0 amide bonds. The zero-order chi connectivity index (χ0) is 11.1. The van der Waals surface area contributed by atoms with Crippen molar-refractivity contribution >= 4 is 0 Å². The fourth-order valence-electron chi connectivity index (χ4n) is 1.64. The van der Waals surface area contributed by atoms with Crippen LogP contribution in [0.2, 0.25) is 0 Å². The number of nitrogens with two attached hydrogens (primary N) is 1. The van der Waals surface area contributed by atoms with E-state index in [9.17, 15) is 4.39 Å². The van der Waals surface area contributed by atoms with E-state index in [1.54, 1.807) is 12.1 Å². The molecule has 3 N–H and O–H groups in total. The van der Waals surface area contributed by atoms with Crippen molar-refractivity contribution < 1.29 is 4.39 Å². The molecule has 84 valence electrons. The van der Waals surface area contributed by atoms with Crippen LogP contribution < -0.4 is 11.3 Å². The highest BCUT2D eigenvalue weighted by atomic mass is 19.1. The van der Waals surface area contributed by atoms with Crippen molar-refractivity contribution in [3.63, 3.8) is 0 Å². The van der Waals surface area contributed by atoms with Crippen molar-refractivity contribution in [1.29, 1.82) is 0 Å². The first kappa shape index (κ1) is 12.1. The van der Waals surface area contributed by atoms with E-state index in [0.717, 1.165) is 18.4 Å². The van der Waals surface area contributed by atoms with E-state index in [-0.39, 0.29) is 11.9 Å². The molecule has 0 saturated heterocycles. The predicted octanol–water partition coefficient (Wildman–Crippen LogP) is 2.91. The van der Waals surface area contributed by atoms with Crippen LogP contribution in [0.15, 0.2) is 24.3 Å². The van der Waals surface area contributed by atoms with Gasteiger partial charge in [-0.25, -0.2) is 4.39 Å². The Kier molecular flexibility index (Phi) is 5.29. The highest BCUT2D eigenvalue weighted by Gasteiger charge is 2.08. The van der Waals surface area contributed by atoms with Crippen molar-refractivity contribution in [2.75, 3.05) is 0 Å². The summed E-state index contributed by atoms with van der Waals surface area (Å²) in [5.41, 5.74) is 3.83. The van der Waals surface area contributed by atoms with Crippen molar-refractivity contribution in [2.24, 2.45) is 5.84 Å². The van der Waals surface area contributed by atoms with E-state index in [2.05, 4.69) is 12.3 Å². The van der Waals surface area contributed by atoms with Crippen molar-refractivity contribution in [3.05, 3.63) is 35.6 Å². The Morgan fingerprint density at radius 1 is 1.27 bits per heavy atom. The minimum absolute atomic E-state index is 0.136. The Labute approximate surface area is 90.6 Å². The molecule has 0 aliphatic heterocycles. The summed E-state index contributed by atoms with van der Waals surface area (Å²) in [6, 6.07) is 6.65. The lowest BCUT2D eigenvalue weighted by atomic mass is 10.0. The molecule has 1 aromatic carbocycles. The smallest absolute Gasteiger partial charge is 0.123 e. The molecular weight excluding hydrogens is 191 g/mol. The minimum atomic E-state index is -0.205. The van der Waals surface area contributed by atoms with Crippen LogP contribution in [-0.4, -0.2) is 0 Å². The first-order chi connectivity index (χ1) is 7.27. The number of hydrazine groups is 1. The highest BCUT2D eigenvalue weighted by molar-refractivity contribution is 5.19. The van der Waals surface area contributed by atoms with Crippen molar-refractivity contribution in [1.82, 2.24) is 5.43 Å². The average molecular weight is 210 g/mol. The summed E-state index contributed by atoms with van der Waals surface area (Å²) in [7, 11) is 0. The molecule has 3 heteroatoms. The Hall–Kier alpha value is -0.930. The second-order valence-electron chi connectivity index (χ2n) is 3.77. The molecule has 0 bridgehead atoms. The number of benzene rings is 1. The van der Waals surface area contributed by atoms with Gasteiger partial charge in [-0.05, 0) is 24.1 Å². The van der Waals surface area contributed by atoms with Gasteiger partial charge in [0.05, 0.1) is 0 Å². The van der Waals surface area contributed by atoms with Crippen LogP contribution in [0.25, 0.3) is 0 Å². The molecule has 15 heavy (non-hydrogen) atoms. The zero-order valence-electron chi connectivity index (χ0n) is 9.17. The van der Waals surface area contributed by atoms with Gasteiger partial charge in [-0.3, -0.25) is 11.3 Å². The fourth-order valence-corrected chi connectivity index (χ4v) is 1.64. The second kappa shape index (κ2) is 6.53. The van der Waals surface area contributed by atoms with Crippen LogP contribution in [-0.2, 0) is 0 Å². The molecule has 1 aromatic rings. The van der Waals surface area contributed by atoms with Crippen LogP contribution in [0.5, 0.6) is 0 Å². The maximum atomic E-state index is 12.7. The maximum Gasteiger partial charge on any atom is 0.123 e. The summed E-state index contributed by atoms with van der Waals surface area (Å²) < 4.78 is 12.7. The molecule has 2 nitrogen and oxygen atoms in total. The normalized spacial score (nSPS) is 12.7. The van der Waals surface area contributed by atoms with Gasteiger partial charge in [0.25, 0.3) is 0 Å². The van der Waals surface area contributed by atoms with Crippen LogP contribution in [0.3, 0.4) is 0 Å². The van der Waals surface area contributed by atoms with Crippen LogP contribution in [0.4, 0.5) is 4.39 Å². The minimum Gasteiger partial charge on any atom is -0.271 e. The molecule has 0 aliphatic carbocycles. The van der Waals surface area contributed by atoms with Gasteiger partial charge in [0.1, 0.15) is 5.82 Å². The Morgan fingerprint density at radius 2 is 1.93 bits per heavy atom. The van der Waals surface area contributed by atoms with Gasteiger partial charge in [-0.2, -0.15) is 0 Å². The fraction of sp³-hybridized carbons (Fsp3) is 0.500. The number of hydrogen-bond donors (Lipinski definition) is 2. The summed E-state index contributed by atoms with van der Waals surface area (Å²) in [5, 5.41) is 0. The molecule has 0 heterocycles. The van der Waals surface area contributed by atoms with E-state index in [0.29, 0.717) is 0 Å². The molecule has 1 rings (SSSR count). The Bertz CT molecular complexity index is 271. The average Bonchev–Trinajstić information content (AvgIpc) is 2.26. The SMILES string of the molecule is CCCCCC(NN)c1ccc(F)cc1. The summed E-state index contributed by atoms with van der Waals surface area (Å²) in [5.74, 6) is 5.28. The molecule has 0 aliphatic rings. The van der Waals surface area contributed by atoms with Crippen molar-refractivity contribution in [2.45, 2.75) is 38.6 Å². The van der Waals surface area contributed by atoms with E-state index < -0.39 is 0 Å². The van der Waals surface area contributed by atoms with E-state index in [4.69, 9.17) is 5.84 Å². The first-order valence-electron chi connectivity index (χ1n) is 5.49. The van der Waals surface area contributed by atoms with Gasteiger partial charge in [-0.1, -0.05) is 38.3 Å². The van der Waals surface area contributed by atoms with Crippen molar-refractivity contribution in [3.8, 4) is 0 Å². The van der Waals surface area contributed by atoms with Gasteiger partial charge in [0, 0.05) is 6.04 Å². The number of rotatable bonds is 6. The number of nitrogens with one attached hydrogen (secondary N) is 1. The lowest BCUT2D eigenvalue weighted by molar-refractivity contribution is 0.486. The third-order valence-corrected chi connectivity index (χ3v) is 2.57. The number of hydrogen-bond acceptors (Lipinski definition) is 2. The molecule has 0 saturated carbocycles. The standard InChI is InChI=1S/C12H19FN2/c1-2-3-4-5-12(15-14)10-6-8-11(13)9-7-10/h6-9,12,15H,2-5,14H2,1H3. The van der Waals surface area contributed by atoms with E-state index in [1.807, 2.05) is 0 Å². The van der Waals surface area contributed by atoms with Gasteiger partial charge < -0.3 is 0 Å². The molecule has 1 atom stereocenters. The predicted molar refractivity (Wildman–Crippen MR) is 60.6 cm³/mol. The van der Waals surface area contributed by atoms with E-state index >= 15 is 0 Å². The highest BCUT2D eigenvalue weighted by Crippen LogP contribution is 2.19. The molecule has 0 radical (unpaired) electrons. The maximum absolute atomic E-state index is 12.7. The van der Waals surface area contributed by atoms with Crippen LogP contribution in [0.1, 0.15) is 44.2 Å². The number of unbranched alkanes of at least 4 members (excludes halogenated alkanes) is 2. The van der Waals surface area contributed by atoms with Gasteiger partial charge >= 0.3 is 0 Å². The van der Waals surface area contributed by atoms with Gasteiger partial charge in [-0.15, -0.1) is 0 Å². The topological polar surface area (TPSA) is 38.0 Å². The second-order valence-corrected chi connectivity index (χ2v) is 3.77. The van der Waals surface area contributed by atoms with Gasteiger partial charge in [0.15, 0.2) is 0 Å². The quantitative estimate of drug-likeness (QED) is 0.430. The summed E-state index contributed by atoms with van der Waals surface area (Å²) in [6.45, 7) is 2.17. The Morgan fingerprint density at radius 3 is 2.47 bits per heavy atom. The van der Waals surface area contributed by atoms with Crippen LogP contribution in [0, 0.1) is 5.82 Å². The van der Waals surface area contributed by atoms with Gasteiger partial charge in [0.2, 0.25) is 0 Å². The first-order valence-corrected chi connectivity index (χ1v) is 5.49. The summed E-state index contributed by atoms with van der Waals surface area (Å²) >= 11 is 0. The third-order valence-electron chi connectivity index (χ3n) is 2.57. The lowest BCUT2D eigenvalue weighted by Gasteiger charge is -2.15. The monoisotopic (exact) mass is 210 g/mol. The summed E-state index contributed by atoms with van der Waals surface area (Å²) in [4.78, 5) is 0. The van der Waals surface area contributed by atoms with Crippen LogP contribution >= 0.6 is 0 Å².